The Morgan fingerprint density at radius 3 is 2.33 bits per heavy atom. The molecule has 0 amide bonds. The zero-order valence-electron chi connectivity index (χ0n) is 7.56. The zero-order valence-corrected chi connectivity index (χ0v) is 8.32. The van der Waals surface area contributed by atoms with E-state index in [0.717, 1.165) is 7.11 Å². The van der Waals surface area contributed by atoms with Crippen LogP contribution in [-0.2, 0) is 9.53 Å². The zero-order chi connectivity index (χ0) is 11.6. The minimum atomic E-state index is -1.50. The molecule has 0 saturated carbocycles. The summed E-state index contributed by atoms with van der Waals surface area (Å²) in [5.74, 6) is -4.66. The summed E-state index contributed by atoms with van der Waals surface area (Å²) in [6.07, 6.45) is 0. The second-order valence-electron chi connectivity index (χ2n) is 2.67. The van der Waals surface area contributed by atoms with Crippen LogP contribution < -0.4 is 0 Å². The Hall–Kier alpha value is -1.23. The molecule has 1 unspecified atom stereocenters. The van der Waals surface area contributed by atoms with Gasteiger partial charge in [-0.05, 0) is 6.07 Å². The van der Waals surface area contributed by atoms with Gasteiger partial charge in [-0.3, -0.25) is 4.79 Å². The van der Waals surface area contributed by atoms with Crippen LogP contribution in [0.15, 0.2) is 12.1 Å². The maximum Gasteiger partial charge on any atom is 0.328 e. The highest BCUT2D eigenvalue weighted by Crippen LogP contribution is 2.26. The molecule has 0 heterocycles. The van der Waals surface area contributed by atoms with Crippen LogP contribution in [0.2, 0.25) is 0 Å². The van der Waals surface area contributed by atoms with Gasteiger partial charge in [0.15, 0.2) is 17.0 Å². The van der Waals surface area contributed by atoms with Crippen molar-refractivity contribution in [3.63, 3.8) is 0 Å². The molecule has 0 saturated heterocycles. The van der Waals surface area contributed by atoms with Crippen molar-refractivity contribution in [3.8, 4) is 0 Å². The fraction of sp³-hybridized carbons (Fsp3) is 0.222. The van der Waals surface area contributed by atoms with Crippen LogP contribution >= 0.6 is 11.6 Å². The van der Waals surface area contributed by atoms with Gasteiger partial charge >= 0.3 is 5.97 Å². The van der Waals surface area contributed by atoms with Crippen LogP contribution in [0.1, 0.15) is 10.9 Å². The molecular weight excluding hydrogens is 233 g/mol. The third kappa shape index (κ3) is 2.41. The minimum Gasteiger partial charge on any atom is -0.468 e. The Morgan fingerprint density at radius 1 is 1.27 bits per heavy atom. The van der Waals surface area contributed by atoms with E-state index in [-0.39, 0.29) is 0 Å². The molecule has 0 aliphatic rings. The molecule has 0 aliphatic heterocycles. The summed E-state index contributed by atoms with van der Waals surface area (Å²) < 4.78 is 42.6. The maximum atomic E-state index is 13.1. The van der Waals surface area contributed by atoms with Crippen molar-refractivity contribution in [2.45, 2.75) is 5.38 Å². The van der Waals surface area contributed by atoms with E-state index < -0.39 is 34.4 Å². The van der Waals surface area contributed by atoms with Gasteiger partial charge in [0, 0.05) is 11.6 Å². The summed E-state index contributed by atoms with van der Waals surface area (Å²) in [7, 11) is 1.05. The number of benzene rings is 1. The Morgan fingerprint density at radius 2 is 1.80 bits per heavy atom. The van der Waals surface area contributed by atoms with Gasteiger partial charge in [0.1, 0.15) is 5.82 Å². The van der Waals surface area contributed by atoms with Gasteiger partial charge in [-0.25, -0.2) is 13.2 Å². The third-order valence-corrected chi connectivity index (χ3v) is 2.13. The van der Waals surface area contributed by atoms with Crippen molar-refractivity contribution in [3.05, 3.63) is 35.1 Å². The number of halogens is 4. The number of ether oxygens (including phenoxy) is 1. The number of methoxy groups -OCH3 is 1. The van der Waals surface area contributed by atoms with E-state index in [1.165, 1.54) is 0 Å². The average Bonchev–Trinajstić information content (AvgIpc) is 2.21. The second-order valence-corrected chi connectivity index (χ2v) is 3.11. The van der Waals surface area contributed by atoms with E-state index in [0.29, 0.717) is 12.1 Å². The predicted molar refractivity (Wildman–Crippen MR) is 46.9 cm³/mol. The van der Waals surface area contributed by atoms with Crippen molar-refractivity contribution in [2.75, 3.05) is 7.11 Å². The van der Waals surface area contributed by atoms with Gasteiger partial charge in [-0.1, -0.05) is 0 Å². The SMILES string of the molecule is COC(=O)C(Cl)c1cc(F)c(F)cc1F. The molecule has 6 heteroatoms. The Bertz CT molecular complexity index is 395. The lowest BCUT2D eigenvalue weighted by Gasteiger charge is -2.08. The number of esters is 1. The number of hydrogen-bond donors (Lipinski definition) is 0. The van der Waals surface area contributed by atoms with Gasteiger partial charge in [0.2, 0.25) is 0 Å². The lowest BCUT2D eigenvalue weighted by molar-refractivity contribution is -0.140. The molecule has 1 rings (SSSR count). The number of carbonyl (C=O) groups excluding carboxylic acids is 1. The van der Waals surface area contributed by atoms with Crippen molar-refractivity contribution in [1.29, 1.82) is 0 Å². The lowest BCUT2D eigenvalue weighted by atomic mass is 10.1. The number of carbonyl (C=O) groups is 1. The molecule has 0 aliphatic carbocycles. The molecule has 82 valence electrons. The molecule has 0 N–H and O–H groups in total. The average molecular weight is 239 g/mol. The molecule has 0 radical (unpaired) electrons. The van der Waals surface area contributed by atoms with Gasteiger partial charge in [0.05, 0.1) is 7.11 Å². The van der Waals surface area contributed by atoms with E-state index >= 15 is 0 Å². The van der Waals surface area contributed by atoms with Crippen molar-refractivity contribution in [2.24, 2.45) is 0 Å². The first kappa shape index (κ1) is 11.8. The molecule has 1 atom stereocenters. The molecule has 15 heavy (non-hydrogen) atoms. The molecule has 1 aromatic rings. The summed E-state index contributed by atoms with van der Waals surface area (Å²) in [6.45, 7) is 0. The van der Waals surface area contributed by atoms with E-state index in [2.05, 4.69) is 4.74 Å². The third-order valence-electron chi connectivity index (χ3n) is 1.72. The quantitative estimate of drug-likeness (QED) is 0.450. The maximum absolute atomic E-state index is 13.1. The van der Waals surface area contributed by atoms with Crippen LogP contribution in [0, 0.1) is 17.5 Å². The van der Waals surface area contributed by atoms with Gasteiger partial charge in [-0.15, -0.1) is 11.6 Å². The van der Waals surface area contributed by atoms with Crippen LogP contribution in [-0.4, -0.2) is 13.1 Å². The highest BCUT2D eigenvalue weighted by atomic mass is 35.5. The first-order valence-corrected chi connectivity index (χ1v) is 4.27. The molecule has 0 fully saturated rings. The normalized spacial score (nSPS) is 12.3. The Balaban J connectivity index is 3.14. The number of rotatable bonds is 2. The Kier molecular flexibility index (Phi) is 3.57. The summed E-state index contributed by atoms with van der Waals surface area (Å²) in [4.78, 5) is 10.9. The van der Waals surface area contributed by atoms with E-state index in [1.807, 2.05) is 0 Å². The van der Waals surface area contributed by atoms with Crippen molar-refractivity contribution >= 4 is 17.6 Å². The summed E-state index contributed by atoms with van der Waals surface area (Å²) >= 11 is 5.48. The van der Waals surface area contributed by atoms with E-state index in [9.17, 15) is 18.0 Å². The van der Waals surface area contributed by atoms with Gasteiger partial charge in [0.25, 0.3) is 0 Å². The van der Waals surface area contributed by atoms with Crippen LogP contribution in [0.5, 0.6) is 0 Å². The molecule has 0 aromatic heterocycles. The van der Waals surface area contributed by atoms with E-state index in [4.69, 9.17) is 11.6 Å². The highest BCUT2D eigenvalue weighted by Gasteiger charge is 2.23. The fourth-order valence-corrected chi connectivity index (χ4v) is 1.22. The summed E-state index contributed by atoms with van der Waals surface area (Å²) in [6, 6.07) is 0.849. The highest BCUT2D eigenvalue weighted by molar-refractivity contribution is 6.29. The molecule has 2 nitrogen and oxygen atoms in total. The van der Waals surface area contributed by atoms with E-state index in [1.54, 1.807) is 0 Å². The standard InChI is InChI=1S/C9H6ClF3O2/c1-15-9(14)8(10)4-2-6(12)7(13)3-5(4)11/h2-3,8H,1H3. The van der Waals surface area contributed by atoms with Crippen molar-refractivity contribution in [1.82, 2.24) is 0 Å². The molecular formula is C9H6ClF3O2. The summed E-state index contributed by atoms with van der Waals surface area (Å²) in [5, 5.41) is -1.50. The van der Waals surface area contributed by atoms with Crippen LogP contribution in [0.25, 0.3) is 0 Å². The molecule has 0 spiro atoms. The van der Waals surface area contributed by atoms with Crippen LogP contribution in [0.4, 0.5) is 13.2 Å². The smallest absolute Gasteiger partial charge is 0.328 e. The van der Waals surface area contributed by atoms with Gasteiger partial charge in [-0.2, -0.15) is 0 Å². The predicted octanol–water partition coefficient (Wildman–Crippen LogP) is 2.56. The minimum absolute atomic E-state index is 0.322. The molecule has 0 bridgehead atoms. The molecule has 1 aromatic carbocycles. The van der Waals surface area contributed by atoms with Gasteiger partial charge < -0.3 is 4.74 Å². The second kappa shape index (κ2) is 4.53. The number of hydrogen-bond acceptors (Lipinski definition) is 2. The topological polar surface area (TPSA) is 26.3 Å². The first-order chi connectivity index (χ1) is 6.97. The fourth-order valence-electron chi connectivity index (χ4n) is 0.963. The largest absolute Gasteiger partial charge is 0.468 e. The van der Waals surface area contributed by atoms with Crippen molar-refractivity contribution < 1.29 is 22.7 Å². The lowest BCUT2D eigenvalue weighted by Crippen LogP contribution is -2.11. The monoisotopic (exact) mass is 238 g/mol. The summed E-state index contributed by atoms with van der Waals surface area (Å²) in [5.41, 5.74) is -0.456. The Labute approximate surface area is 88.6 Å². The number of alkyl halides is 1. The van der Waals surface area contributed by atoms with Crippen LogP contribution in [0.3, 0.4) is 0 Å². The first-order valence-electron chi connectivity index (χ1n) is 3.83.